The lowest BCUT2D eigenvalue weighted by Crippen LogP contribution is -2.46. The highest BCUT2D eigenvalue weighted by atomic mass is 15.2. The minimum absolute atomic E-state index is 0.595. The third-order valence-corrected chi connectivity index (χ3v) is 3.07. The highest BCUT2D eigenvalue weighted by Gasteiger charge is 2.24. The summed E-state index contributed by atoms with van der Waals surface area (Å²) >= 11 is 0. The summed E-state index contributed by atoms with van der Waals surface area (Å²) in [6, 6.07) is 0.595. The highest BCUT2D eigenvalue weighted by Crippen LogP contribution is 2.21. The Bertz CT molecular complexity index is 214. The lowest BCUT2D eigenvalue weighted by atomic mass is 9.92. The third-order valence-electron chi connectivity index (χ3n) is 3.07. The van der Waals surface area contributed by atoms with E-state index >= 15 is 0 Å². The van der Waals surface area contributed by atoms with E-state index in [1.807, 2.05) is 6.92 Å². The predicted octanol–water partition coefficient (Wildman–Crippen LogP) is 1.46. The summed E-state index contributed by atoms with van der Waals surface area (Å²) in [4.78, 5) is 2.50. The zero-order valence-corrected chi connectivity index (χ0v) is 9.42. The Balaban J connectivity index is 2.36. The number of likely N-dealkylation sites (tertiary alicyclic amines) is 1. The van der Waals surface area contributed by atoms with Gasteiger partial charge in [-0.25, -0.2) is 0 Å². The van der Waals surface area contributed by atoms with Crippen molar-refractivity contribution < 1.29 is 0 Å². The molecule has 80 valence electrons. The molecule has 2 heteroatoms. The van der Waals surface area contributed by atoms with Gasteiger partial charge >= 0.3 is 0 Å². The molecule has 0 spiro atoms. The first-order valence-corrected chi connectivity index (χ1v) is 5.61. The van der Waals surface area contributed by atoms with Crippen LogP contribution < -0.4 is 5.73 Å². The maximum absolute atomic E-state index is 5.78. The molecule has 2 N–H and O–H groups in total. The van der Waals surface area contributed by atoms with Crippen LogP contribution in [0.4, 0.5) is 0 Å². The molecule has 0 amide bonds. The van der Waals surface area contributed by atoms with Gasteiger partial charge in [0.15, 0.2) is 0 Å². The van der Waals surface area contributed by atoms with Crippen molar-refractivity contribution in [1.29, 1.82) is 0 Å². The number of rotatable bonds is 3. The van der Waals surface area contributed by atoms with Crippen LogP contribution in [0.25, 0.3) is 0 Å². The molecule has 0 aromatic rings. The summed E-state index contributed by atoms with van der Waals surface area (Å²) in [6.45, 7) is 7.32. The second-order valence-electron chi connectivity index (χ2n) is 4.23. The Morgan fingerprint density at radius 3 is 2.93 bits per heavy atom. The van der Waals surface area contributed by atoms with Crippen molar-refractivity contribution >= 4 is 0 Å². The number of hydrogen-bond acceptors (Lipinski definition) is 2. The molecule has 1 rings (SSSR count). The van der Waals surface area contributed by atoms with Crippen LogP contribution in [0.2, 0.25) is 0 Å². The molecule has 1 heterocycles. The fraction of sp³-hybridized carbons (Fsp3) is 0.833. The largest absolute Gasteiger partial charge is 0.329 e. The number of piperidine rings is 1. The Kier molecular flexibility index (Phi) is 5.00. The van der Waals surface area contributed by atoms with Crippen LogP contribution in [0.5, 0.6) is 0 Å². The normalized spacial score (nSPS) is 28.2. The fourth-order valence-corrected chi connectivity index (χ4v) is 2.16. The molecule has 2 unspecified atom stereocenters. The molecule has 1 aliphatic rings. The van der Waals surface area contributed by atoms with E-state index in [0.29, 0.717) is 6.04 Å². The maximum atomic E-state index is 5.78. The quantitative estimate of drug-likeness (QED) is 0.689. The van der Waals surface area contributed by atoms with Crippen molar-refractivity contribution in [1.82, 2.24) is 4.90 Å². The molecule has 0 saturated carbocycles. The summed E-state index contributed by atoms with van der Waals surface area (Å²) in [7, 11) is 0. The third kappa shape index (κ3) is 3.32. The van der Waals surface area contributed by atoms with E-state index in [9.17, 15) is 0 Å². The van der Waals surface area contributed by atoms with Gasteiger partial charge in [-0.15, -0.1) is 11.8 Å². The van der Waals surface area contributed by atoms with Crippen molar-refractivity contribution in [2.45, 2.75) is 39.2 Å². The van der Waals surface area contributed by atoms with Gasteiger partial charge in [0.25, 0.3) is 0 Å². The van der Waals surface area contributed by atoms with E-state index < -0.39 is 0 Å². The maximum Gasteiger partial charge on any atom is 0.0221 e. The summed E-state index contributed by atoms with van der Waals surface area (Å²) in [5.41, 5.74) is 5.78. The standard InChI is InChI=1S/C12H22N2/c1-3-4-5-7-14-8-6-11(2)9-12(14)10-13/h11-12H,5-10,13H2,1-2H3. The molecule has 14 heavy (non-hydrogen) atoms. The smallest absolute Gasteiger partial charge is 0.0221 e. The Labute approximate surface area is 87.8 Å². The van der Waals surface area contributed by atoms with Crippen LogP contribution in [0.15, 0.2) is 0 Å². The highest BCUT2D eigenvalue weighted by molar-refractivity contribution is 4.96. The van der Waals surface area contributed by atoms with Crippen LogP contribution in [-0.2, 0) is 0 Å². The summed E-state index contributed by atoms with van der Waals surface area (Å²) in [6.07, 6.45) is 3.56. The Hall–Kier alpha value is -0.520. The van der Waals surface area contributed by atoms with Crippen LogP contribution in [0.3, 0.4) is 0 Å². The first kappa shape index (κ1) is 11.6. The second-order valence-corrected chi connectivity index (χ2v) is 4.23. The van der Waals surface area contributed by atoms with Crippen LogP contribution in [0, 0.1) is 17.8 Å². The zero-order valence-electron chi connectivity index (χ0n) is 9.42. The molecular weight excluding hydrogens is 172 g/mol. The molecule has 0 bridgehead atoms. The lowest BCUT2D eigenvalue weighted by Gasteiger charge is -2.37. The second kappa shape index (κ2) is 6.06. The van der Waals surface area contributed by atoms with E-state index in [2.05, 4.69) is 23.7 Å². The zero-order chi connectivity index (χ0) is 10.4. The van der Waals surface area contributed by atoms with Gasteiger partial charge in [0.1, 0.15) is 0 Å². The number of nitrogens with zero attached hydrogens (tertiary/aromatic N) is 1. The van der Waals surface area contributed by atoms with Crippen molar-refractivity contribution in [3.05, 3.63) is 0 Å². The van der Waals surface area contributed by atoms with Gasteiger partial charge in [0, 0.05) is 25.6 Å². The fourth-order valence-electron chi connectivity index (χ4n) is 2.16. The summed E-state index contributed by atoms with van der Waals surface area (Å²) in [5, 5.41) is 0. The average molecular weight is 194 g/mol. The monoisotopic (exact) mass is 194 g/mol. The molecule has 1 saturated heterocycles. The van der Waals surface area contributed by atoms with Crippen molar-refractivity contribution in [2.75, 3.05) is 19.6 Å². The van der Waals surface area contributed by atoms with Gasteiger partial charge in [-0.2, -0.15) is 0 Å². The molecule has 0 aromatic heterocycles. The lowest BCUT2D eigenvalue weighted by molar-refractivity contribution is 0.125. The van der Waals surface area contributed by atoms with Gasteiger partial charge in [-0.05, 0) is 32.2 Å². The van der Waals surface area contributed by atoms with Gasteiger partial charge in [0.05, 0.1) is 0 Å². The van der Waals surface area contributed by atoms with E-state index in [-0.39, 0.29) is 0 Å². The molecule has 0 aromatic carbocycles. The number of hydrogen-bond donors (Lipinski definition) is 1. The number of nitrogens with two attached hydrogens (primary N) is 1. The van der Waals surface area contributed by atoms with Crippen molar-refractivity contribution in [3.8, 4) is 11.8 Å². The van der Waals surface area contributed by atoms with Crippen molar-refractivity contribution in [3.63, 3.8) is 0 Å². The van der Waals surface area contributed by atoms with Gasteiger partial charge in [0.2, 0.25) is 0 Å². The van der Waals surface area contributed by atoms with Crippen molar-refractivity contribution in [2.24, 2.45) is 11.7 Å². The van der Waals surface area contributed by atoms with Crippen LogP contribution in [0.1, 0.15) is 33.1 Å². The first-order chi connectivity index (χ1) is 6.77. The van der Waals surface area contributed by atoms with Crippen LogP contribution in [-0.4, -0.2) is 30.6 Å². The minimum Gasteiger partial charge on any atom is -0.329 e. The first-order valence-electron chi connectivity index (χ1n) is 5.61. The summed E-state index contributed by atoms with van der Waals surface area (Å²) < 4.78 is 0. The predicted molar refractivity (Wildman–Crippen MR) is 60.9 cm³/mol. The molecule has 1 fully saturated rings. The summed E-state index contributed by atoms with van der Waals surface area (Å²) in [5.74, 6) is 6.90. The SMILES string of the molecule is CC#CCCN1CCC(C)CC1CN. The Morgan fingerprint density at radius 1 is 1.50 bits per heavy atom. The van der Waals surface area contributed by atoms with E-state index in [1.165, 1.54) is 19.4 Å². The average Bonchev–Trinajstić information content (AvgIpc) is 2.20. The molecule has 1 aliphatic heterocycles. The van der Waals surface area contributed by atoms with E-state index in [0.717, 1.165) is 25.4 Å². The minimum atomic E-state index is 0.595. The molecule has 2 nitrogen and oxygen atoms in total. The van der Waals surface area contributed by atoms with E-state index in [4.69, 9.17) is 5.73 Å². The van der Waals surface area contributed by atoms with Gasteiger partial charge in [-0.3, -0.25) is 4.90 Å². The van der Waals surface area contributed by atoms with E-state index in [1.54, 1.807) is 0 Å². The Morgan fingerprint density at radius 2 is 2.29 bits per heavy atom. The molecule has 2 atom stereocenters. The molecule has 0 radical (unpaired) electrons. The van der Waals surface area contributed by atoms with Crippen LogP contribution >= 0.6 is 0 Å². The van der Waals surface area contributed by atoms with Gasteiger partial charge in [-0.1, -0.05) is 6.92 Å². The topological polar surface area (TPSA) is 29.3 Å². The van der Waals surface area contributed by atoms with Gasteiger partial charge < -0.3 is 5.73 Å². The molecule has 0 aliphatic carbocycles. The molecular formula is C12H22N2.